The minimum atomic E-state index is -1.45. The smallest absolute Gasteiger partial charge is 0.313 e. The number of hydrogen-bond acceptors (Lipinski definition) is 8. The Morgan fingerprint density at radius 3 is 2.52 bits per heavy atom. The molecule has 3 aliphatic rings. The van der Waals surface area contributed by atoms with Gasteiger partial charge in [-0.1, -0.05) is 102 Å². The second kappa shape index (κ2) is 17.9. The molecule has 2 aromatic carbocycles. The molecule has 3 heterocycles. The van der Waals surface area contributed by atoms with E-state index in [4.69, 9.17) is 25.8 Å². The number of fused-ring (bicyclic) bond motifs is 1. The molecule has 1 spiro atoms. The van der Waals surface area contributed by atoms with Gasteiger partial charge in [-0.15, -0.1) is 13.2 Å². The molecule has 13 heteroatoms. The molecule has 0 aliphatic carbocycles. The van der Waals surface area contributed by atoms with Gasteiger partial charge in [-0.2, -0.15) is 0 Å². The van der Waals surface area contributed by atoms with E-state index < -0.39 is 77.0 Å². The van der Waals surface area contributed by atoms with Crippen molar-refractivity contribution in [3.05, 3.63) is 90.0 Å². The molecule has 2 N–H and O–H groups in total. The number of aliphatic hydroxyl groups excluding tert-OH is 1. The van der Waals surface area contributed by atoms with Crippen LogP contribution in [0.4, 0.5) is 5.69 Å². The van der Waals surface area contributed by atoms with Gasteiger partial charge < -0.3 is 34.4 Å². The molecule has 2 bridgehead atoms. The average molecular weight is 829 g/mol. The Labute approximate surface area is 331 Å². The summed E-state index contributed by atoms with van der Waals surface area (Å²) in [4.78, 5) is 60.5. The topological polar surface area (TPSA) is 135 Å². The zero-order valence-electron chi connectivity index (χ0n) is 31.3. The summed E-state index contributed by atoms with van der Waals surface area (Å²) >= 11 is 10.5. The predicted octanol–water partition coefficient (Wildman–Crippen LogP) is 5.70. The fraction of sp³-hybridized carbons (Fsp3) is 0.512. The molecule has 3 aliphatic heterocycles. The summed E-state index contributed by atoms with van der Waals surface area (Å²) in [6.45, 7) is 13.0. The zero-order valence-corrected chi connectivity index (χ0v) is 33.6. The fourth-order valence-corrected chi connectivity index (χ4v) is 9.71. The standard InChI is InChI=1S/C41H51BrClN3O8/c1-7-10-19-31(48)44-29(23-52-6)35(26-16-12-11-13-17-26)53-40(51)32-33-38(49)46(30(22-47)24(4)9-3)37(41(33)21-27(42)36(32)54-41)39(50)45(20-8-2)34-25(5)15-14-18-28(34)43/h7-8,11-18,24,27,29-30,32-33,35-37,47H,1-2,9-10,19-23H2,3-6H3,(H,44,48)/t24-,27?,29-,30-,32+,33-,35-,36+,37+,41-/m0/s1. The minimum Gasteiger partial charge on any atom is -0.455 e. The number of amides is 3. The molecule has 5 rings (SSSR count). The number of aryl methyl sites for hydroxylation is 1. The molecule has 292 valence electrons. The Hall–Kier alpha value is -3.55. The number of halogens is 2. The third-order valence-corrected chi connectivity index (χ3v) is 12.3. The van der Waals surface area contributed by atoms with E-state index >= 15 is 9.59 Å². The molecule has 10 atom stereocenters. The lowest BCUT2D eigenvalue weighted by atomic mass is 9.70. The summed E-state index contributed by atoms with van der Waals surface area (Å²) in [5, 5.41) is 14.2. The highest BCUT2D eigenvalue weighted by molar-refractivity contribution is 9.09. The van der Waals surface area contributed by atoms with Crippen LogP contribution in [0.15, 0.2) is 73.8 Å². The van der Waals surface area contributed by atoms with Gasteiger partial charge in [0.1, 0.15) is 17.7 Å². The van der Waals surface area contributed by atoms with Gasteiger partial charge in [-0.3, -0.25) is 19.2 Å². The van der Waals surface area contributed by atoms with Crippen molar-refractivity contribution < 1.29 is 38.5 Å². The molecule has 0 radical (unpaired) electrons. The van der Waals surface area contributed by atoms with Crippen molar-refractivity contribution in [2.45, 2.75) is 87.2 Å². The number of aliphatic hydroxyl groups is 1. The van der Waals surface area contributed by atoms with E-state index in [-0.39, 0.29) is 37.8 Å². The van der Waals surface area contributed by atoms with Gasteiger partial charge in [0.2, 0.25) is 11.8 Å². The normalized spacial score (nSPS) is 26.4. The number of alkyl halides is 1. The van der Waals surface area contributed by atoms with Gasteiger partial charge >= 0.3 is 5.97 Å². The molecule has 1 unspecified atom stereocenters. The zero-order chi connectivity index (χ0) is 39.3. The summed E-state index contributed by atoms with van der Waals surface area (Å²) in [5.41, 5.74) is 0.392. The monoisotopic (exact) mass is 827 g/mol. The van der Waals surface area contributed by atoms with E-state index in [0.717, 1.165) is 5.56 Å². The maximum absolute atomic E-state index is 15.2. The number of methoxy groups -OCH3 is 1. The second-order valence-corrected chi connectivity index (χ2v) is 16.0. The van der Waals surface area contributed by atoms with Gasteiger partial charge in [0.25, 0.3) is 5.91 Å². The summed E-state index contributed by atoms with van der Waals surface area (Å²) in [6, 6.07) is 11.6. The first-order valence-electron chi connectivity index (χ1n) is 18.5. The van der Waals surface area contributed by atoms with Crippen LogP contribution in [0.1, 0.15) is 56.8 Å². The number of benzene rings is 2. The number of esters is 1. The number of carbonyl (C=O) groups is 4. The lowest BCUT2D eigenvalue weighted by Crippen LogP contribution is -2.60. The highest BCUT2D eigenvalue weighted by Gasteiger charge is 2.78. The van der Waals surface area contributed by atoms with Crippen LogP contribution in [0, 0.1) is 24.7 Å². The lowest BCUT2D eigenvalue weighted by molar-refractivity contribution is -0.163. The number of para-hydroxylation sites is 1. The Morgan fingerprint density at radius 2 is 1.91 bits per heavy atom. The number of likely N-dealkylation sites (tertiary alicyclic amines) is 1. The lowest BCUT2D eigenvalue weighted by Gasteiger charge is -2.41. The van der Waals surface area contributed by atoms with Crippen molar-refractivity contribution in [3.8, 4) is 0 Å². The molecular formula is C41H51BrClN3O8. The first kappa shape index (κ1) is 41.6. The van der Waals surface area contributed by atoms with Crippen LogP contribution in [0.5, 0.6) is 0 Å². The molecule has 3 saturated heterocycles. The van der Waals surface area contributed by atoms with Crippen LogP contribution in [0.2, 0.25) is 5.02 Å². The largest absolute Gasteiger partial charge is 0.455 e. The molecule has 3 fully saturated rings. The molecule has 11 nitrogen and oxygen atoms in total. The van der Waals surface area contributed by atoms with Crippen LogP contribution in [-0.2, 0) is 33.4 Å². The van der Waals surface area contributed by atoms with Gasteiger partial charge in [0.15, 0.2) is 0 Å². The van der Waals surface area contributed by atoms with Crippen molar-refractivity contribution in [2.75, 3.05) is 31.8 Å². The SMILES string of the molecule is C=CCCC(=O)N[C@@H](COC)[C@@H](OC(=O)[C@H]1[C@@H]2O[C@@]3(CC2Br)[C@@H]1C(=O)N([C@@H](CO)[C@@H](C)CC)[C@@H]3C(=O)N(CC=C)c1c(C)cccc1Cl)c1ccccc1. The Kier molecular flexibility index (Phi) is 13.8. The van der Waals surface area contributed by atoms with Crippen molar-refractivity contribution in [2.24, 2.45) is 17.8 Å². The van der Waals surface area contributed by atoms with Gasteiger partial charge in [-0.05, 0) is 42.9 Å². The summed E-state index contributed by atoms with van der Waals surface area (Å²) in [5.74, 6) is -4.32. The minimum absolute atomic E-state index is 0.0304. The number of nitrogens with zero attached hydrogens (tertiary/aromatic N) is 2. The van der Waals surface area contributed by atoms with E-state index in [2.05, 4.69) is 34.4 Å². The number of hydrogen-bond donors (Lipinski definition) is 2. The maximum atomic E-state index is 15.2. The van der Waals surface area contributed by atoms with Gasteiger partial charge in [-0.25, -0.2) is 0 Å². The highest BCUT2D eigenvalue weighted by Crippen LogP contribution is 2.61. The van der Waals surface area contributed by atoms with Gasteiger partial charge in [0.05, 0.1) is 53.9 Å². The van der Waals surface area contributed by atoms with Gasteiger partial charge in [0, 0.05) is 24.9 Å². The number of ether oxygens (including phenoxy) is 3. The van der Waals surface area contributed by atoms with Crippen LogP contribution in [0.25, 0.3) is 0 Å². The third kappa shape index (κ3) is 7.77. The molecule has 0 saturated carbocycles. The Bertz CT molecular complexity index is 1690. The van der Waals surface area contributed by atoms with E-state index in [1.807, 2.05) is 32.9 Å². The van der Waals surface area contributed by atoms with E-state index in [9.17, 15) is 14.7 Å². The Balaban J connectivity index is 1.60. The average Bonchev–Trinajstić information content (AvgIpc) is 3.75. The quantitative estimate of drug-likeness (QED) is 0.111. The number of nitrogens with one attached hydrogen (secondary N) is 1. The number of carbonyl (C=O) groups excluding carboxylic acids is 4. The predicted molar refractivity (Wildman–Crippen MR) is 210 cm³/mol. The fourth-order valence-electron chi connectivity index (χ4n) is 8.45. The molecular weight excluding hydrogens is 778 g/mol. The van der Waals surface area contributed by atoms with Crippen molar-refractivity contribution in [1.29, 1.82) is 0 Å². The number of rotatable bonds is 18. The number of anilines is 1. The summed E-state index contributed by atoms with van der Waals surface area (Å²) in [7, 11) is 1.49. The van der Waals surface area contributed by atoms with Crippen LogP contribution in [-0.4, -0.2) is 95.2 Å². The van der Waals surface area contributed by atoms with Crippen LogP contribution in [0.3, 0.4) is 0 Å². The maximum Gasteiger partial charge on any atom is 0.313 e. The molecule has 0 aromatic heterocycles. The van der Waals surface area contributed by atoms with Crippen molar-refractivity contribution in [3.63, 3.8) is 0 Å². The Morgan fingerprint density at radius 1 is 1.19 bits per heavy atom. The first-order valence-corrected chi connectivity index (χ1v) is 19.8. The van der Waals surface area contributed by atoms with E-state index in [1.54, 1.807) is 48.6 Å². The highest BCUT2D eigenvalue weighted by atomic mass is 79.9. The van der Waals surface area contributed by atoms with E-state index in [0.29, 0.717) is 29.1 Å². The summed E-state index contributed by atoms with van der Waals surface area (Å²) in [6.07, 6.45) is 2.95. The third-order valence-electron chi connectivity index (χ3n) is 11.1. The van der Waals surface area contributed by atoms with Crippen LogP contribution >= 0.6 is 27.5 Å². The second-order valence-electron chi connectivity index (χ2n) is 14.4. The summed E-state index contributed by atoms with van der Waals surface area (Å²) < 4.78 is 18.7. The van der Waals surface area contributed by atoms with E-state index in [1.165, 1.54) is 16.9 Å². The van der Waals surface area contributed by atoms with Crippen LogP contribution < -0.4 is 10.2 Å². The van der Waals surface area contributed by atoms with Crippen molar-refractivity contribution >= 4 is 56.9 Å². The van der Waals surface area contributed by atoms with Crippen molar-refractivity contribution in [1.82, 2.24) is 10.2 Å². The molecule has 54 heavy (non-hydrogen) atoms. The molecule has 2 aromatic rings. The number of allylic oxidation sites excluding steroid dienone is 1. The molecule has 3 amide bonds. The first-order chi connectivity index (χ1) is 25.9.